The van der Waals surface area contributed by atoms with E-state index >= 15 is 0 Å². The Morgan fingerprint density at radius 1 is 1.00 bits per heavy atom. The Bertz CT molecular complexity index is 1370. The molecule has 1 heterocycles. The Balaban J connectivity index is 1.78. The van der Waals surface area contributed by atoms with E-state index in [1.807, 2.05) is 36.5 Å². The van der Waals surface area contributed by atoms with Crippen molar-refractivity contribution in [1.29, 1.82) is 0 Å². The molecule has 4 aromatic rings. The van der Waals surface area contributed by atoms with Gasteiger partial charge in [0.15, 0.2) is 6.61 Å². The van der Waals surface area contributed by atoms with Crippen molar-refractivity contribution in [2.24, 2.45) is 0 Å². The van der Waals surface area contributed by atoms with Crippen molar-refractivity contribution in [1.82, 2.24) is 4.98 Å². The summed E-state index contributed by atoms with van der Waals surface area (Å²) in [5, 5.41) is 9.85. The largest absolute Gasteiger partial charge is 0.482 e. The number of nitrogens with one attached hydrogen (secondary N) is 1. The molecule has 6 nitrogen and oxygen atoms in total. The van der Waals surface area contributed by atoms with Gasteiger partial charge in [-0.05, 0) is 53.4 Å². The van der Waals surface area contributed by atoms with Gasteiger partial charge in [-0.3, -0.25) is 0 Å². The summed E-state index contributed by atoms with van der Waals surface area (Å²) in [5.74, 6) is 5.14. The third kappa shape index (κ3) is 4.47. The highest BCUT2D eigenvalue weighted by Gasteiger charge is 2.17. The minimum absolute atomic E-state index is 0.417. The number of carbonyl (C=O) groups excluding carboxylic acids is 1. The normalized spacial score (nSPS) is 10.3. The number of hydrogen-bond donors (Lipinski definition) is 2. The number of methoxy groups -OCH3 is 1. The van der Waals surface area contributed by atoms with E-state index in [9.17, 15) is 9.59 Å². The molecule has 0 bridgehead atoms. The summed E-state index contributed by atoms with van der Waals surface area (Å²) in [6.07, 6.45) is 1.86. The lowest BCUT2D eigenvalue weighted by Crippen LogP contribution is -2.09. The van der Waals surface area contributed by atoms with E-state index in [0.29, 0.717) is 28.0 Å². The predicted molar refractivity (Wildman–Crippen MR) is 121 cm³/mol. The number of aromatic nitrogens is 1. The van der Waals surface area contributed by atoms with Crippen LogP contribution in [0.2, 0.25) is 0 Å². The van der Waals surface area contributed by atoms with E-state index in [2.05, 4.69) is 16.8 Å². The summed E-state index contributed by atoms with van der Waals surface area (Å²) in [4.78, 5) is 26.4. The fourth-order valence-corrected chi connectivity index (χ4v) is 3.40. The molecule has 2 N–H and O–H groups in total. The number of fused-ring (bicyclic) bond motifs is 1. The van der Waals surface area contributed by atoms with Crippen LogP contribution in [0.25, 0.3) is 22.0 Å². The molecule has 1 aromatic heterocycles. The van der Waals surface area contributed by atoms with Gasteiger partial charge in [0.25, 0.3) is 0 Å². The number of carboxylic acid groups (broad SMARTS) is 1. The first kappa shape index (κ1) is 20.8. The number of hydrogen-bond acceptors (Lipinski definition) is 4. The Morgan fingerprint density at radius 2 is 1.84 bits per heavy atom. The van der Waals surface area contributed by atoms with Crippen LogP contribution in [0.3, 0.4) is 0 Å². The van der Waals surface area contributed by atoms with Crippen LogP contribution in [0, 0.1) is 11.8 Å². The number of carbonyl (C=O) groups is 2. The number of ether oxygens (including phenoxy) is 2. The molecule has 32 heavy (non-hydrogen) atoms. The zero-order valence-electron chi connectivity index (χ0n) is 17.2. The second kappa shape index (κ2) is 9.11. The van der Waals surface area contributed by atoms with Gasteiger partial charge in [0, 0.05) is 28.4 Å². The molecule has 0 atom stereocenters. The molecule has 0 saturated carbocycles. The molecule has 0 unspecified atom stereocenters. The zero-order valence-corrected chi connectivity index (χ0v) is 17.2. The van der Waals surface area contributed by atoms with Gasteiger partial charge in [-0.15, -0.1) is 0 Å². The zero-order chi connectivity index (χ0) is 22.5. The lowest BCUT2D eigenvalue weighted by Gasteiger charge is -2.11. The first-order valence-electron chi connectivity index (χ1n) is 9.80. The highest BCUT2D eigenvalue weighted by Crippen LogP contribution is 2.30. The molecule has 0 spiro atoms. The van der Waals surface area contributed by atoms with Crippen molar-refractivity contribution in [3.8, 4) is 28.7 Å². The van der Waals surface area contributed by atoms with Gasteiger partial charge >= 0.3 is 11.9 Å². The second-order valence-electron chi connectivity index (χ2n) is 6.96. The molecular weight excluding hydrogens is 406 g/mol. The predicted octanol–water partition coefficient (Wildman–Crippen LogP) is 4.48. The average molecular weight is 425 g/mol. The highest BCUT2D eigenvalue weighted by molar-refractivity contribution is 6.00. The molecule has 0 radical (unpaired) electrons. The summed E-state index contributed by atoms with van der Waals surface area (Å²) in [5.41, 5.74) is 4.20. The Morgan fingerprint density at radius 3 is 2.66 bits per heavy atom. The van der Waals surface area contributed by atoms with Crippen molar-refractivity contribution < 1.29 is 24.2 Å². The maximum atomic E-state index is 12.5. The monoisotopic (exact) mass is 425 g/mol. The minimum atomic E-state index is -1.05. The Hall–Kier alpha value is -4.50. The first-order valence-corrected chi connectivity index (χ1v) is 9.80. The van der Waals surface area contributed by atoms with E-state index in [1.165, 1.54) is 7.11 Å². The molecule has 0 aliphatic rings. The third-order valence-corrected chi connectivity index (χ3v) is 4.85. The van der Waals surface area contributed by atoms with E-state index in [-0.39, 0.29) is 0 Å². The smallest absolute Gasteiger partial charge is 0.341 e. The van der Waals surface area contributed by atoms with Crippen LogP contribution in [0.5, 0.6) is 5.75 Å². The lowest BCUT2D eigenvalue weighted by atomic mass is 9.93. The van der Waals surface area contributed by atoms with Crippen LogP contribution < -0.4 is 4.74 Å². The standard InChI is InChI=1S/C26H19NO5/c1-31-26(30)22-7-3-5-19(25(22)20-11-10-18-12-13-27-23(18)15-20)9-8-17-4-2-6-21(14-17)32-16-24(28)29/h2-7,10-15,27H,16H2,1H3,(H,28,29). The van der Waals surface area contributed by atoms with Crippen molar-refractivity contribution in [2.75, 3.05) is 13.7 Å². The van der Waals surface area contributed by atoms with Gasteiger partial charge in [-0.25, -0.2) is 9.59 Å². The van der Waals surface area contributed by atoms with Gasteiger partial charge in [-0.2, -0.15) is 0 Å². The number of rotatable bonds is 5. The Kier molecular flexibility index (Phi) is 5.91. The topological polar surface area (TPSA) is 88.6 Å². The van der Waals surface area contributed by atoms with Gasteiger partial charge in [0.2, 0.25) is 0 Å². The van der Waals surface area contributed by atoms with Gasteiger partial charge in [0.05, 0.1) is 12.7 Å². The molecule has 158 valence electrons. The molecule has 0 saturated heterocycles. The fourth-order valence-electron chi connectivity index (χ4n) is 3.40. The van der Waals surface area contributed by atoms with Crippen molar-refractivity contribution >= 4 is 22.8 Å². The molecule has 3 aromatic carbocycles. The SMILES string of the molecule is COC(=O)c1cccc(C#Cc2cccc(OCC(=O)O)c2)c1-c1ccc2cc[nH]c2c1. The number of carboxylic acids is 1. The number of aromatic amines is 1. The third-order valence-electron chi connectivity index (χ3n) is 4.85. The summed E-state index contributed by atoms with van der Waals surface area (Å²) >= 11 is 0. The number of benzene rings is 3. The van der Waals surface area contributed by atoms with Gasteiger partial charge in [-0.1, -0.05) is 36.1 Å². The van der Waals surface area contributed by atoms with E-state index in [1.54, 1.807) is 36.4 Å². The minimum Gasteiger partial charge on any atom is -0.482 e. The van der Waals surface area contributed by atoms with E-state index in [0.717, 1.165) is 16.5 Å². The molecule has 0 aliphatic heterocycles. The van der Waals surface area contributed by atoms with Crippen LogP contribution >= 0.6 is 0 Å². The highest BCUT2D eigenvalue weighted by atomic mass is 16.5. The number of esters is 1. The van der Waals surface area contributed by atoms with Gasteiger partial charge < -0.3 is 19.6 Å². The van der Waals surface area contributed by atoms with Crippen LogP contribution in [0.15, 0.2) is 72.9 Å². The Labute approximate surface area is 184 Å². The van der Waals surface area contributed by atoms with Gasteiger partial charge in [0.1, 0.15) is 5.75 Å². The van der Waals surface area contributed by atoms with E-state index < -0.39 is 18.5 Å². The van der Waals surface area contributed by atoms with Crippen LogP contribution in [0.1, 0.15) is 21.5 Å². The molecular formula is C26H19NO5. The van der Waals surface area contributed by atoms with Crippen LogP contribution in [-0.2, 0) is 9.53 Å². The number of aliphatic carboxylic acids is 1. The summed E-state index contributed by atoms with van der Waals surface area (Å²) < 4.78 is 10.2. The first-order chi connectivity index (χ1) is 15.5. The molecule has 6 heteroatoms. The molecule has 4 rings (SSSR count). The maximum absolute atomic E-state index is 12.5. The van der Waals surface area contributed by atoms with Crippen molar-refractivity contribution in [3.63, 3.8) is 0 Å². The molecule has 0 aliphatic carbocycles. The lowest BCUT2D eigenvalue weighted by molar-refractivity contribution is -0.139. The quantitative estimate of drug-likeness (QED) is 0.363. The maximum Gasteiger partial charge on any atom is 0.341 e. The molecule has 0 fully saturated rings. The van der Waals surface area contributed by atoms with Crippen LogP contribution in [0.4, 0.5) is 0 Å². The summed E-state index contributed by atoms with van der Waals surface area (Å²) in [7, 11) is 1.35. The van der Waals surface area contributed by atoms with Crippen molar-refractivity contribution in [3.05, 3.63) is 89.6 Å². The van der Waals surface area contributed by atoms with Crippen molar-refractivity contribution in [2.45, 2.75) is 0 Å². The number of H-pyrrole nitrogens is 1. The summed E-state index contributed by atoms with van der Waals surface area (Å²) in [6, 6.07) is 20.1. The summed E-state index contributed by atoms with van der Waals surface area (Å²) in [6.45, 7) is -0.427. The van der Waals surface area contributed by atoms with E-state index in [4.69, 9.17) is 14.6 Å². The van der Waals surface area contributed by atoms with Crippen LogP contribution in [-0.4, -0.2) is 35.7 Å². The average Bonchev–Trinajstić information content (AvgIpc) is 3.29. The molecule has 0 amide bonds. The second-order valence-corrected chi connectivity index (χ2v) is 6.96. The fraction of sp³-hybridized carbons (Fsp3) is 0.0769.